The number of pyridine rings is 2. The van der Waals surface area contributed by atoms with Gasteiger partial charge in [-0.1, -0.05) is 54.6 Å². The second-order valence-electron chi connectivity index (χ2n) is 5.54. The number of hydrogen-bond donors (Lipinski definition) is 1. The number of hydrazone groups is 1. The molecule has 4 nitrogen and oxygen atoms in total. The van der Waals surface area contributed by atoms with Crippen LogP contribution in [0, 0.1) is 0 Å². The van der Waals surface area contributed by atoms with Crippen molar-refractivity contribution >= 4 is 22.4 Å². The molecule has 0 spiro atoms. The van der Waals surface area contributed by atoms with Gasteiger partial charge in [-0.15, -0.1) is 0 Å². The van der Waals surface area contributed by atoms with Crippen LogP contribution in [0.15, 0.2) is 96.2 Å². The van der Waals surface area contributed by atoms with Crippen LogP contribution in [-0.2, 0) is 0 Å². The topological polar surface area (TPSA) is 50.2 Å². The lowest BCUT2D eigenvalue weighted by molar-refractivity contribution is 1.22. The van der Waals surface area contributed by atoms with Crippen LogP contribution in [0.3, 0.4) is 0 Å². The van der Waals surface area contributed by atoms with Crippen molar-refractivity contribution in [3.8, 4) is 0 Å². The zero-order chi connectivity index (χ0) is 16.9. The summed E-state index contributed by atoms with van der Waals surface area (Å²) in [5.74, 6) is 0.697. The van der Waals surface area contributed by atoms with E-state index in [4.69, 9.17) is 0 Å². The van der Waals surface area contributed by atoms with E-state index in [1.54, 1.807) is 6.20 Å². The highest BCUT2D eigenvalue weighted by Gasteiger charge is 2.08. The molecule has 120 valence electrons. The Morgan fingerprint density at radius 3 is 2.40 bits per heavy atom. The molecule has 0 unspecified atom stereocenters. The van der Waals surface area contributed by atoms with Crippen molar-refractivity contribution in [2.45, 2.75) is 0 Å². The second kappa shape index (κ2) is 6.93. The Bertz CT molecular complexity index is 970. The number of anilines is 1. The van der Waals surface area contributed by atoms with Gasteiger partial charge in [0.15, 0.2) is 0 Å². The van der Waals surface area contributed by atoms with Crippen molar-refractivity contribution in [1.82, 2.24) is 9.97 Å². The van der Waals surface area contributed by atoms with Gasteiger partial charge in [0.05, 0.1) is 11.2 Å². The van der Waals surface area contributed by atoms with Crippen molar-refractivity contribution in [3.63, 3.8) is 0 Å². The molecule has 0 aliphatic heterocycles. The highest BCUT2D eigenvalue weighted by atomic mass is 15.3. The van der Waals surface area contributed by atoms with Gasteiger partial charge >= 0.3 is 0 Å². The van der Waals surface area contributed by atoms with Crippen molar-refractivity contribution in [2.24, 2.45) is 5.10 Å². The van der Waals surface area contributed by atoms with E-state index in [9.17, 15) is 0 Å². The van der Waals surface area contributed by atoms with E-state index in [-0.39, 0.29) is 0 Å². The van der Waals surface area contributed by atoms with Gasteiger partial charge in [-0.2, -0.15) is 5.10 Å². The third-order valence-electron chi connectivity index (χ3n) is 3.84. The maximum atomic E-state index is 4.60. The summed E-state index contributed by atoms with van der Waals surface area (Å²) in [5.41, 5.74) is 6.58. The summed E-state index contributed by atoms with van der Waals surface area (Å²) >= 11 is 0. The molecule has 0 aliphatic rings. The van der Waals surface area contributed by atoms with Crippen LogP contribution in [0.1, 0.15) is 11.3 Å². The largest absolute Gasteiger partial charge is 0.261 e. The molecule has 0 radical (unpaired) electrons. The van der Waals surface area contributed by atoms with Gasteiger partial charge in [-0.3, -0.25) is 10.4 Å². The summed E-state index contributed by atoms with van der Waals surface area (Å²) < 4.78 is 0. The Balaban J connectivity index is 1.71. The zero-order valence-corrected chi connectivity index (χ0v) is 13.5. The van der Waals surface area contributed by atoms with Gasteiger partial charge < -0.3 is 0 Å². The normalized spacial score (nSPS) is 11.4. The predicted octanol–water partition coefficient (Wildman–Crippen LogP) is 4.49. The van der Waals surface area contributed by atoms with Crippen molar-refractivity contribution < 1.29 is 0 Å². The first-order valence-electron chi connectivity index (χ1n) is 8.06. The number of fused-ring (bicyclic) bond motifs is 1. The van der Waals surface area contributed by atoms with Gasteiger partial charge in [0.25, 0.3) is 0 Å². The Morgan fingerprint density at radius 2 is 1.56 bits per heavy atom. The highest BCUT2D eigenvalue weighted by molar-refractivity contribution is 6.11. The third kappa shape index (κ3) is 3.38. The molecule has 2 heterocycles. The molecule has 2 aromatic heterocycles. The Kier molecular flexibility index (Phi) is 4.16. The van der Waals surface area contributed by atoms with Crippen LogP contribution in [-0.4, -0.2) is 15.7 Å². The Hall–Kier alpha value is -3.53. The van der Waals surface area contributed by atoms with Gasteiger partial charge in [0.2, 0.25) is 0 Å². The van der Waals surface area contributed by atoms with E-state index < -0.39 is 0 Å². The number of benzene rings is 2. The predicted molar refractivity (Wildman–Crippen MR) is 102 cm³/mol. The number of nitrogens with zero attached hydrogens (tertiary/aromatic N) is 3. The molecule has 0 fully saturated rings. The molecule has 0 bridgehead atoms. The summed E-state index contributed by atoms with van der Waals surface area (Å²) in [5, 5.41) is 5.68. The van der Waals surface area contributed by atoms with E-state index in [1.165, 1.54) is 0 Å². The average Bonchev–Trinajstić information content (AvgIpc) is 2.70. The molecular weight excluding hydrogens is 308 g/mol. The van der Waals surface area contributed by atoms with Crippen LogP contribution < -0.4 is 5.43 Å². The fraction of sp³-hybridized carbons (Fsp3) is 0. The van der Waals surface area contributed by atoms with E-state index >= 15 is 0 Å². The van der Waals surface area contributed by atoms with E-state index in [0.717, 1.165) is 27.9 Å². The quantitative estimate of drug-likeness (QED) is 0.444. The van der Waals surface area contributed by atoms with Crippen LogP contribution in [0.5, 0.6) is 0 Å². The molecule has 0 aliphatic carbocycles. The lowest BCUT2D eigenvalue weighted by Gasteiger charge is -2.08. The molecule has 25 heavy (non-hydrogen) atoms. The molecule has 1 N–H and O–H groups in total. The molecule has 0 saturated heterocycles. The summed E-state index contributed by atoms with van der Waals surface area (Å²) in [4.78, 5) is 9.02. The standard InChI is InChI=1S/C21H16N4/c1-2-9-17(10-3-1)21(19-12-6-7-15-22-19)25-24-20-14-13-16-8-4-5-11-18(16)23-20/h1-15H,(H,23,24)/b25-21-. The maximum absolute atomic E-state index is 4.60. The molecular formula is C21H16N4. The summed E-state index contributed by atoms with van der Waals surface area (Å²) in [6.07, 6.45) is 1.77. The lowest BCUT2D eigenvalue weighted by Crippen LogP contribution is -2.08. The monoisotopic (exact) mass is 324 g/mol. The second-order valence-corrected chi connectivity index (χ2v) is 5.54. The Morgan fingerprint density at radius 1 is 0.760 bits per heavy atom. The fourth-order valence-corrected chi connectivity index (χ4v) is 2.61. The number of nitrogens with one attached hydrogen (secondary N) is 1. The average molecular weight is 324 g/mol. The smallest absolute Gasteiger partial charge is 0.146 e. The molecule has 4 rings (SSSR count). The van der Waals surface area contributed by atoms with Crippen LogP contribution in [0.25, 0.3) is 10.9 Å². The lowest BCUT2D eigenvalue weighted by atomic mass is 10.1. The molecule has 4 aromatic rings. The fourth-order valence-electron chi connectivity index (χ4n) is 2.61. The first-order valence-corrected chi connectivity index (χ1v) is 8.06. The van der Waals surface area contributed by atoms with Gasteiger partial charge in [0.1, 0.15) is 11.5 Å². The number of aromatic nitrogens is 2. The zero-order valence-electron chi connectivity index (χ0n) is 13.5. The van der Waals surface area contributed by atoms with Gasteiger partial charge in [-0.25, -0.2) is 4.98 Å². The summed E-state index contributed by atoms with van der Waals surface area (Å²) in [6.45, 7) is 0. The molecule has 0 atom stereocenters. The van der Waals surface area contributed by atoms with E-state index in [1.807, 2.05) is 84.9 Å². The third-order valence-corrected chi connectivity index (χ3v) is 3.84. The van der Waals surface area contributed by atoms with Crippen molar-refractivity contribution in [2.75, 3.05) is 5.43 Å². The first kappa shape index (κ1) is 15.0. The van der Waals surface area contributed by atoms with Crippen LogP contribution in [0.4, 0.5) is 5.82 Å². The molecule has 4 heteroatoms. The molecule has 2 aromatic carbocycles. The Labute approximate surface area is 145 Å². The van der Waals surface area contributed by atoms with Gasteiger partial charge in [-0.05, 0) is 30.3 Å². The molecule has 0 saturated carbocycles. The summed E-state index contributed by atoms with van der Waals surface area (Å²) in [7, 11) is 0. The van der Waals surface area contributed by atoms with Gasteiger partial charge in [0, 0.05) is 17.1 Å². The van der Waals surface area contributed by atoms with Crippen LogP contribution in [0.2, 0.25) is 0 Å². The maximum Gasteiger partial charge on any atom is 0.146 e. The first-order chi connectivity index (χ1) is 12.4. The minimum absolute atomic E-state index is 0.697. The summed E-state index contributed by atoms with van der Waals surface area (Å²) in [6, 6.07) is 27.8. The van der Waals surface area contributed by atoms with Crippen molar-refractivity contribution in [1.29, 1.82) is 0 Å². The number of rotatable bonds is 4. The molecule has 0 amide bonds. The van der Waals surface area contributed by atoms with Crippen LogP contribution >= 0.6 is 0 Å². The SMILES string of the molecule is c1ccc(/C(=N/Nc2ccc3ccccc3n2)c2ccccn2)cc1. The van der Waals surface area contributed by atoms with E-state index in [0.29, 0.717) is 5.82 Å². The minimum Gasteiger partial charge on any atom is -0.261 e. The highest BCUT2D eigenvalue weighted by Crippen LogP contribution is 2.15. The number of hydrogen-bond acceptors (Lipinski definition) is 4. The van der Waals surface area contributed by atoms with E-state index in [2.05, 4.69) is 20.5 Å². The van der Waals surface area contributed by atoms with Crippen molar-refractivity contribution in [3.05, 3.63) is 102 Å². The number of para-hydroxylation sites is 1. The minimum atomic E-state index is 0.697.